The number of hydrogen-bond acceptors (Lipinski definition) is 7. The number of rotatable bonds is 3. The fraction of sp³-hybridized carbons (Fsp3) is 0.379. The molecular weight excluding hydrogens is 579 g/mol. The predicted molar refractivity (Wildman–Crippen MR) is 155 cm³/mol. The van der Waals surface area contributed by atoms with Crippen LogP contribution in [0.1, 0.15) is 46.8 Å². The first-order chi connectivity index (χ1) is 20.7. The van der Waals surface area contributed by atoms with Gasteiger partial charge in [-0.15, -0.1) is 5.10 Å². The molecular formula is C29H32ClFN8O4. The Balaban J connectivity index is 1.40. The normalized spacial score (nSPS) is 17.0. The number of pyridine rings is 1. The van der Waals surface area contributed by atoms with E-state index < -0.39 is 23.7 Å². The average molecular weight is 611 g/mol. The molecule has 1 aliphatic heterocycles. The summed E-state index contributed by atoms with van der Waals surface area (Å²) in [5.41, 5.74) is 1.43. The molecule has 14 heteroatoms. The fourth-order valence-electron chi connectivity index (χ4n) is 4.79. The van der Waals surface area contributed by atoms with Crippen molar-refractivity contribution in [3.63, 3.8) is 0 Å². The maximum atomic E-state index is 14.1. The van der Waals surface area contributed by atoms with Crippen molar-refractivity contribution in [2.24, 2.45) is 5.92 Å². The zero-order chi connectivity index (χ0) is 30.5. The van der Waals surface area contributed by atoms with Crippen molar-refractivity contribution in [3.8, 4) is 5.75 Å². The number of benzene rings is 1. The van der Waals surface area contributed by atoms with Crippen LogP contribution in [0.5, 0.6) is 5.75 Å². The van der Waals surface area contributed by atoms with Crippen LogP contribution in [0.2, 0.25) is 5.02 Å². The maximum absolute atomic E-state index is 14.1. The van der Waals surface area contributed by atoms with Gasteiger partial charge in [0, 0.05) is 44.6 Å². The van der Waals surface area contributed by atoms with E-state index >= 15 is 0 Å². The van der Waals surface area contributed by atoms with Crippen LogP contribution in [0.15, 0.2) is 48.9 Å². The van der Waals surface area contributed by atoms with Crippen LogP contribution >= 0.6 is 11.6 Å². The van der Waals surface area contributed by atoms with E-state index in [0.29, 0.717) is 42.3 Å². The van der Waals surface area contributed by atoms with Crippen LogP contribution in [-0.4, -0.2) is 79.3 Å². The highest BCUT2D eigenvalue weighted by atomic mass is 35.5. The van der Waals surface area contributed by atoms with Crippen molar-refractivity contribution in [2.45, 2.75) is 39.3 Å². The molecule has 3 amide bonds. The smallest absolute Gasteiger partial charge is 0.274 e. The molecule has 0 radical (unpaired) electrons. The van der Waals surface area contributed by atoms with Crippen molar-refractivity contribution in [2.75, 3.05) is 26.2 Å². The van der Waals surface area contributed by atoms with Gasteiger partial charge in [-0.25, -0.2) is 14.1 Å². The van der Waals surface area contributed by atoms with E-state index in [1.54, 1.807) is 44.7 Å². The van der Waals surface area contributed by atoms with Crippen LogP contribution in [-0.2, 0) is 17.8 Å². The number of amides is 3. The Hall–Kier alpha value is -4.52. The summed E-state index contributed by atoms with van der Waals surface area (Å²) in [5.74, 6) is -1.72. The molecule has 4 heterocycles. The monoisotopic (exact) mass is 610 g/mol. The number of fused-ring (bicyclic) bond motifs is 4. The van der Waals surface area contributed by atoms with Gasteiger partial charge in [0.05, 0.1) is 22.8 Å². The maximum Gasteiger partial charge on any atom is 0.274 e. The first-order valence-electron chi connectivity index (χ1n) is 14.0. The molecule has 1 atom stereocenters. The van der Waals surface area contributed by atoms with E-state index in [9.17, 15) is 18.8 Å². The number of carbonyl (C=O) groups excluding carboxylic acids is 3. The van der Waals surface area contributed by atoms with E-state index in [2.05, 4.69) is 25.9 Å². The summed E-state index contributed by atoms with van der Waals surface area (Å²) in [6, 6.07) is 6.20. The van der Waals surface area contributed by atoms with Gasteiger partial charge in [-0.05, 0) is 42.7 Å². The van der Waals surface area contributed by atoms with E-state index in [0.717, 1.165) is 6.07 Å². The van der Waals surface area contributed by atoms with Gasteiger partial charge in [-0.1, -0.05) is 30.7 Å². The van der Waals surface area contributed by atoms with Crippen LogP contribution in [0.4, 0.5) is 4.39 Å². The molecule has 0 aliphatic carbocycles. The van der Waals surface area contributed by atoms with Crippen LogP contribution < -0.4 is 15.4 Å². The molecule has 0 unspecified atom stereocenters. The Kier molecular flexibility index (Phi) is 9.19. The summed E-state index contributed by atoms with van der Waals surface area (Å²) in [6.07, 6.45) is 5.78. The molecule has 1 aromatic carbocycles. The van der Waals surface area contributed by atoms with Gasteiger partial charge in [0.1, 0.15) is 35.6 Å². The second-order valence-electron chi connectivity index (χ2n) is 10.7. The van der Waals surface area contributed by atoms with Gasteiger partial charge < -0.3 is 24.7 Å². The molecule has 12 nitrogen and oxygen atoms in total. The van der Waals surface area contributed by atoms with Crippen molar-refractivity contribution >= 4 is 35.0 Å². The van der Waals surface area contributed by atoms with Gasteiger partial charge in [0.15, 0.2) is 0 Å². The van der Waals surface area contributed by atoms with E-state index in [1.807, 2.05) is 13.8 Å². The minimum absolute atomic E-state index is 0.0209. The zero-order valence-electron chi connectivity index (χ0n) is 23.8. The summed E-state index contributed by atoms with van der Waals surface area (Å²) < 4.78 is 23.2. The third-order valence-electron chi connectivity index (χ3n) is 6.92. The van der Waals surface area contributed by atoms with Crippen LogP contribution in [0.3, 0.4) is 0 Å². The Bertz CT molecular complexity index is 1640. The number of imidazole rings is 1. The van der Waals surface area contributed by atoms with Crippen LogP contribution in [0.25, 0.3) is 5.65 Å². The Labute approximate surface area is 252 Å². The quantitative estimate of drug-likeness (QED) is 0.364. The third-order valence-corrected chi connectivity index (χ3v) is 7.14. The third kappa shape index (κ3) is 7.47. The number of nitrogens with zero attached hydrogens (tertiary/aromatic N) is 6. The van der Waals surface area contributed by atoms with Crippen molar-refractivity contribution < 1.29 is 23.5 Å². The summed E-state index contributed by atoms with van der Waals surface area (Å²) in [7, 11) is 0. The number of nitrogens with one attached hydrogen (secondary N) is 2. The van der Waals surface area contributed by atoms with Gasteiger partial charge in [0.2, 0.25) is 5.91 Å². The SMILES string of the molecule is CC(C)C[C@H]1NC(=O)c2cc(F)ccc2OCCn2cc(nn2)CCN(C(=O)c2cn3cc(Cl)ccc3n2)CCNC1=O. The summed E-state index contributed by atoms with van der Waals surface area (Å²) in [6.45, 7) is 4.90. The molecule has 2 N–H and O–H groups in total. The Morgan fingerprint density at radius 3 is 2.79 bits per heavy atom. The van der Waals surface area contributed by atoms with Crippen LogP contribution in [0, 0.1) is 11.7 Å². The van der Waals surface area contributed by atoms with E-state index in [-0.39, 0.29) is 48.5 Å². The number of ether oxygens (including phenoxy) is 1. The molecule has 0 saturated carbocycles. The number of carbonyl (C=O) groups is 3. The molecule has 1 aliphatic rings. The minimum Gasteiger partial charge on any atom is -0.491 e. The van der Waals surface area contributed by atoms with Crippen molar-refractivity contribution in [1.82, 2.24) is 39.9 Å². The lowest BCUT2D eigenvalue weighted by molar-refractivity contribution is -0.123. The second-order valence-corrected chi connectivity index (χ2v) is 11.1. The van der Waals surface area contributed by atoms with Crippen molar-refractivity contribution in [1.29, 1.82) is 0 Å². The first-order valence-corrected chi connectivity index (χ1v) is 14.4. The van der Waals surface area contributed by atoms with Gasteiger partial charge >= 0.3 is 0 Å². The Morgan fingerprint density at radius 1 is 1.14 bits per heavy atom. The minimum atomic E-state index is -0.889. The highest BCUT2D eigenvalue weighted by molar-refractivity contribution is 6.30. The van der Waals surface area contributed by atoms with Gasteiger partial charge in [-0.2, -0.15) is 0 Å². The predicted octanol–water partition coefficient (Wildman–Crippen LogP) is 2.76. The molecule has 226 valence electrons. The first kappa shape index (κ1) is 30.0. The molecule has 2 bridgehead atoms. The largest absolute Gasteiger partial charge is 0.491 e. The molecule has 0 saturated heterocycles. The van der Waals surface area contributed by atoms with E-state index in [1.165, 1.54) is 12.1 Å². The standard InChI is InChI=1S/C29H32ClFN8O4/c1-18(2)13-23-28(41)32-8-10-37(29(42)24-17-38-15-19(30)3-6-26(38)33-24)9-7-21-16-39(36-35-21)11-12-43-25-5-4-20(31)14-22(25)27(40)34-23/h3-6,14-18,23H,7-13H2,1-2H3,(H,32,41)(H,34,40)/t23-/m1/s1. The number of hydrogen-bond donors (Lipinski definition) is 2. The molecule has 5 rings (SSSR count). The molecule has 43 heavy (non-hydrogen) atoms. The average Bonchev–Trinajstić information content (AvgIpc) is 3.60. The zero-order valence-corrected chi connectivity index (χ0v) is 24.6. The lowest BCUT2D eigenvalue weighted by atomic mass is 10.0. The highest BCUT2D eigenvalue weighted by Gasteiger charge is 2.26. The van der Waals surface area contributed by atoms with Gasteiger partial charge in [0.25, 0.3) is 11.8 Å². The molecule has 3 aromatic heterocycles. The fourth-order valence-corrected chi connectivity index (χ4v) is 4.96. The second kappa shape index (κ2) is 13.2. The summed E-state index contributed by atoms with van der Waals surface area (Å²) >= 11 is 6.09. The lowest BCUT2D eigenvalue weighted by Gasteiger charge is -2.24. The van der Waals surface area contributed by atoms with Crippen molar-refractivity contribution in [3.05, 3.63) is 76.7 Å². The van der Waals surface area contributed by atoms with Gasteiger partial charge in [-0.3, -0.25) is 14.4 Å². The number of halogens is 2. The summed E-state index contributed by atoms with van der Waals surface area (Å²) in [4.78, 5) is 46.1. The lowest BCUT2D eigenvalue weighted by Crippen LogP contribution is -2.49. The topological polar surface area (TPSA) is 136 Å². The number of aromatic nitrogens is 5. The van der Waals surface area contributed by atoms with E-state index in [4.69, 9.17) is 16.3 Å². The Morgan fingerprint density at radius 2 is 1.98 bits per heavy atom. The molecule has 0 fully saturated rings. The summed E-state index contributed by atoms with van der Waals surface area (Å²) in [5, 5.41) is 14.4. The highest BCUT2D eigenvalue weighted by Crippen LogP contribution is 2.21. The molecule has 0 spiro atoms. The molecule has 4 aromatic rings.